The van der Waals surface area contributed by atoms with E-state index in [0.29, 0.717) is 26.2 Å². The quantitative estimate of drug-likeness (QED) is 0.463. The molecule has 0 aliphatic carbocycles. The fourth-order valence-corrected chi connectivity index (χ4v) is 2.58. The van der Waals surface area contributed by atoms with Crippen LogP contribution in [0.15, 0.2) is 36.0 Å². The van der Waals surface area contributed by atoms with E-state index in [1.54, 1.807) is 24.0 Å². The molecule has 0 unspecified atom stereocenters. The van der Waals surface area contributed by atoms with Crippen LogP contribution >= 0.6 is 0 Å². The summed E-state index contributed by atoms with van der Waals surface area (Å²) in [6.07, 6.45) is 1.24. The van der Waals surface area contributed by atoms with E-state index in [0.717, 1.165) is 5.69 Å². The van der Waals surface area contributed by atoms with E-state index in [4.69, 9.17) is 4.74 Å². The van der Waals surface area contributed by atoms with Crippen molar-refractivity contribution in [3.8, 4) is 6.07 Å². The SMILES string of the molecule is CCOC(=O)CN/C=C(/C#N)C(=O)N1CCN(c2ccc(F)cc2)CC1. The Morgan fingerprint density at radius 1 is 1.27 bits per heavy atom. The van der Waals surface area contributed by atoms with Gasteiger partial charge in [-0.15, -0.1) is 0 Å². The van der Waals surface area contributed by atoms with Gasteiger partial charge in [0.25, 0.3) is 5.91 Å². The topological polar surface area (TPSA) is 85.7 Å². The van der Waals surface area contributed by atoms with Crippen molar-refractivity contribution in [3.05, 3.63) is 41.9 Å². The van der Waals surface area contributed by atoms with Gasteiger partial charge in [0.2, 0.25) is 0 Å². The normalized spacial score (nSPS) is 14.6. The van der Waals surface area contributed by atoms with Crippen molar-refractivity contribution in [1.82, 2.24) is 10.2 Å². The molecule has 1 N–H and O–H groups in total. The van der Waals surface area contributed by atoms with Crippen LogP contribution < -0.4 is 10.2 Å². The summed E-state index contributed by atoms with van der Waals surface area (Å²) in [5.41, 5.74) is 0.829. The molecule has 26 heavy (non-hydrogen) atoms. The van der Waals surface area contributed by atoms with E-state index in [1.807, 2.05) is 6.07 Å². The number of amides is 1. The van der Waals surface area contributed by atoms with Gasteiger partial charge in [0, 0.05) is 38.1 Å². The molecule has 0 atom stereocenters. The lowest BCUT2D eigenvalue weighted by Gasteiger charge is -2.36. The maximum atomic E-state index is 13.0. The Bertz CT molecular complexity index is 704. The molecule has 0 radical (unpaired) electrons. The van der Waals surface area contributed by atoms with E-state index in [2.05, 4.69) is 10.2 Å². The molecule has 1 aromatic rings. The first-order chi connectivity index (χ1) is 12.5. The van der Waals surface area contributed by atoms with Gasteiger partial charge in [-0.05, 0) is 31.2 Å². The fraction of sp³-hybridized carbons (Fsp3) is 0.389. The van der Waals surface area contributed by atoms with Gasteiger partial charge in [0.05, 0.1) is 6.61 Å². The number of carbonyl (C=O) groups is 2. The van der Waals surface area contributed by atoms with Crippen molar-refractivity contribution < 1.29 is 18.7 Å². The van der Waals surface area contributed by atoms with E-state index in [1.165, 1.54) is 18.3 Å². The zero-order chi connectivity index (χ0) is 18.9. The van der Waals surface area contributed by atoms with E-state index >= 15 is 0 Å². The summed E-state index contributed by atoms with van der Waals surface area (Å²) in [5, 5.41) is 11.8. The predicted molar refractivity (Wildman–Crippen MR) is 93.5 cm³/mol. The summed E-state index contributed by atoms with van der Waals surface area (Å²) in [7, 11) is 0. The Kier molecular flexibility index (Phi) is 6.97. The number of benzene rings is 1. The van der Waals surface area contributed by atoms with Gasteiger partial charge in [-0.25, -0.2) is 4.39 Å². The molecule has 1 fully saturated rings. The molecule has 0 aromatic heterocycles. The molecule has 0 saturated carbocycles. The molecule has 1 saturated heterocycles. The molecule has 1 aliphatic heterocycles. The van der Waals surface area contributed by atoms with Crippen LogP contribution in [0.4, 0.5) is 10.1 Å². The lowest BCUT2D eigenvalue weighted by Crippen LogP contribution is -2.49. The molecule has 1 aromatic carbocycles. The third kappa shape index (κ3) is 5.21. The van der Waals surface area contributed by atoms with Crippen LogP contribution in [0, 0.1) is 17.1 Å². The monoisotopic (exact) mass is 360 g/mol. The van der Waals surface area contributed by atoms with Crippen LogP contribution in [0.3, 0.4) is 0 Å². The molecule has 0 bridgehead atoms. The largest absolute Gasteiger partial charge is 0.465 e. The van der Waals surface area contributed by atoms with E-state index < -0.39 is 5.97 Å². The Hall–Kier alpha value is -3.08. The first kappa shape index (κ1) is 19.2. The number of hydrogen-bond donors (Lipinski definition) is 1. The van der Waals surface area contributed by atoms with Gasteiger partial charge < -0.3 is 19.9 Å². The van der Waals surface area contributed by atoms with Gasteiger partial charge >= 0.3 is 5.97 Å². The minimum atomic E-state index is -0.457. The Morgan fingerprint density at radius 2 is 1.92 bits per heavy atom. The van der Waals surface area contributed by atoms with Crippen LogP contribution in [0.1, 0.15) is 6.92 Å². The summed E-state index contributed by atoms with van der Waals surface area (Å²) in [5.74, 6) is -1.13. The summed E-state index contributed by atoms with van der Waals surface area (Å²) in [4.78, 5) is 27.3. The summed E-state index contributed by atoms with van der Waals surface area (Å²) in [6.45, 7) is 3.94. The van der Waals surface area contributed by atoms with E-state index in [-0.39, 0.29) is 30.4 Å². The molecule has 1 aliphatic rings. The lowest BCUT2D eigenvalue weighted by molar-refractivity contribution is -0.141. The highest BCUT2D eigenvalue weighted by atomic mass is 19.1. The zero-order valence-corrected chi connectivity index (χ0v) is 14.6. The number of halogens is 1. The van der Waals surface area contributed by atoms with Crippen LogP contribution in [0.25, 0.3) is 0 Å². The minimum Gasteiger partial charge on any atom is -0.465 e. The van der Waals surface area contributed by atoms with Crippen LogP contribution in [-0.4, -0.2) is 56.1 Å². The van der Waals surface area contributed by atoms with Crippen molar-refractivity contribution in [3.63, 3.8) is 0 Å². The number of nitrogens with one attached hydrogen (secondary N) is 1. The minimum absolute atomic E-state index is 0.0652. The second-order valence-corrected chi connectivity index (χ2v) is 5.61. The number of anilines is 1. The average molecular weight is 360 g/mol. The smallest absolute Gasteiger partial charge is 0.325 e. The molecule has 2 rings (SSSR count). The Balaban J connectivity index is 1.88. The van der Waals surface area contributed by atoms with Gasteiger partial charge in [-0.3, -0.25) is 9.59 Å². The highest BCUT2D eigenvalue weighted by molar-refractivity contribution is 5.97. The van der Waals surface area contributed by atoms with Crippen molar-refractivity contribution in [2.24, 2.45) is 0 Å². The molecule has 1 heterocycles. The zero-order valence-electron chi connectivity index (χ0n) is 14.6. The first-order valence-electron chi connectivity index (χ1n) is 8.34. The van der Waals surface area contributed by atoms with Crippen molar-refractivity contribution in [1.29, 1.82) is 5.26 Å². The molecule has 7 nitrogen and oxygen atoms in total. The first-order valence-corrected chi connectivity index (χ1v) is 8.34. The molecule has 1 amide bonds. The maximum Gasteiger partial charge on any atom is 0.325 e. The average Bonchev–Trinajstić information content (AvgIpc) is 2.66. The van der Waals surface area contributed by atoms with Crippen LogP contribution in [0.5, 0.6) is 0 Å². The molecule has 138 valence electrons. The van der Waals surface area contributed by atoms with Gasteiger partial charge in [-0.2, -0.15) is 5.26 Å². The second-order valence-electron chi connectivity index (χ2n) is 5.61. The number of hydrogen-bond acceptors (Lipinski definition) is 6. The predicted octanol–water partition coefficient (Wildman–Crippen LogP) is 1.03. The lowest BCUT2D eigenvalue weighted by atomic mass is 10.2. The number of carbonyl (C=O) groups excluding carboxylic acids is 2. The van der Waals surface area contributed by atoms with Crippen molar-refractivity contribution in [2.45, 2.75) is 6.92 Å². The number of nitriles is 1. The summed E-state index contributed by atoms with van der Waals surface area (Å²) >= 11 is 0. The van der Waals surface area contributed by atoms with Crippen LogP contribution in [-0.2, 0) is 14.3 Å². The number of esters is 1. The Labute approximate surface area is 151 Å². The standard InChI is InChI=1S/C18H21FN4O3/c1-2-26-17(24)13-21-12-14(11-20)18(25)23-9-7-22(8-10-23)16-5-3-15(19)4-6-16/h3-6,12,21H,2,7-10,13H2,1H3/b14-12-. The summed E-state index contributed by atoms with van der Waals surface area (Å²) < 4.78 is 17.8. The third-order valence-corrected chi connectivity index (χ3v) is 3.91. The highest BCUT2D eigenvalue weighted by Gasteiger charge is 2.23. The van der Waals surface area contributed by atoms with Gasteiger partial charge in [0.15, 0.2) is 0 Å². The Morgan fingerprint density at radius 3 is 2.50 bits per heavy atom. The number of ether oxygens (including phenoxy) is 1. The summed E-state index contributed by atoms with van der Waals surface area (Å²) in [6, 6.07) is 8.06. The molecule has 0 spiro atoms. The van der Waals surface area contributed by atoms with Crippen LogP contribution in [0.2, 0.25) is 0 Å². The fourth-order valence-electron chi connectivity index (χ4n) is 2.58. The van der Waals surface area contributed by atoms with Gasteiger partial charge in [0.1, 0.15) is 24.0 Å². The molecule has 8 heteroatoms. The van der Waals surface area contributed by atoms with Crippen molar-refractivity contribution in [2.75, 3.05) is 44.2 Å². The number of rotatable bonds is 6. The third-order valence-electron chi connectivity index (χ3n) is 3.91. The van der Waals surface area contributed by atoms with Crippen molar-refractivity contribution >= 4 is 17.6 Å². The molecular weight excluding hydrogens is 339 g/mol. The highest BCUT2D eigenvalue weighted by Crippen LogP contribution is 2.17. The van der Waals surface area contributed by atoms with E-state index in [9.17, 15) is 19.2 Å². The molecular formula is C18H21FN4O3. The van der Waals surface area contributed by atoms with Gasteiger partial charge in [-0.1, -0.05) is 0 Å². The number of nitrogens with zero attached hydrogens (tertiary/aromatic N) is 3. The maximum absolute atomic E-state index is 13.0. The number of piperazine rings is 1. The second kappa shape index (κ2) is 9.42.